The van der Waals surface area contributed by atoms with E-state index in [0.717, 1.165) is 27.9 Å². The molecule has 3 aromatic heterocycles. The lowest BCUT2D eigenvalue weighted by molar-refractivity contribution is 0.0914. The number of H-pyrrole nitrogens is 1. The number of pyridine rings is 1. The molecule has 0 aliphatic carbocycles. The minimum atomic E-state index is -0.295. The largest absolute Gasteiger partial charge is 0.394 e. The Morgan fingerprint density at radius 3 is 2.79 bits per heavy atom. The number of halogens is 1. The van der Waals surface area contributed by atoms with Gasteiger partial charge in [-0.15, -0.1) is 11.3 Å². The number of fused-ring (bicyclic) bond motifs is 1. The molecule has 0 fully saturated rings. The molecule has 0 aliphatic rings. The van der Waals surface area contributed by atoms with Crippen molar-refractivity contribution < 1.29 is 14.3 Å². The lowest BCUT2D eigenvalue weighted by atomic mass is 10.1. The number of nitrogens with zero attached hydrogens (tertiary/aromatic N) is 2. The van der Waals surface area contributed by atoms with E-state index in [2.05, 4.69) is 20.3 Å². The molecule has 8 heteroatoms. The van der Waals surface area contributed by atoms with Crippen molar-refractivity contribution in [3.05, 3.63) is 58.8 Å². The molecule has 3 N–H and O–H groups in total. The molecular formula is C21H19FN4O2S. The third-order valence-corrected chi connectivity index (χ3v) is 5.51. The van der Waals surface area contributed by atoms with Gasteiger partial charge in [0.1, 0.15) is 11.5 Å². The van der Waals surface area contributed by atoms with Gasteiger partial charge in [0.05, 0.1) is 18.3 Å². The van der Waals surface area contributed by atoms with Crippen molar-refractivity contribution in [3.8, 4) is 22.5 Å². The summed E-state index contributed by atoms with van der Waals surface area (Å²) in [5.41, 5.74) is 3.89. The number of amides is 1. The van der Waals surface area contributed by atoms with Crippen LogP contribution >= 0.6 is 11.3 Å². The quantitative estimate of drug-likeness (QED) is 0.448. The maximum absolute atomic E-state index is 13.1. The standard InChI is InChI=1S/C21H19FN4O2S/c1-2-16(10-27)24-20(28)21-26-18(11-29-21)14-7-13-8-17(25-19(13)23-9-14)12-3-5-15(22)6-4-12/h3-9,11,16,27H,2,10H2,1H3,(H,23,25)(H,24,28)/t16-/m0/s1. The van der Waals surface area contributed by atoms with Crippen LogP contribution in [0, 0.1) is 5.82 Å². The predicted molar refractivity (Wildman–Crippen MR) is 111 cm³/mol. The summed E-state index contributed by atoms with van der Waals surface area (Å²) in [5.74, 6) is -0.575. The number of benzene rings is 1. The zero-order chi connectivity index (χ0) is 20.4. The van der Waals surface area contributed by atoms with Crippen LogP contribution in [0.5, 0.6) is 0 Å². The second kappa shape index (κ2) is 8.10. The Balaban J connectivity index is 1.59. The van der Waals surface area contributed by atoms with Crippen LogP contribution in [0.15, 0.2) is 48.0 Å². The number of carbonyl (C=O) groups excluding carboxylic acids is 1. The van der Waals surface area contributed by atoms with Crippen molar-refractivity contribution >= 4 is 28.3 Å². The smallest absolute Gasteiger partial charge is 0.280 e. The van der Waals surface area contributed by atoms with Crippen molar-refractivity contribution in [2.45, 2.75) is 19.4 Å². The van der Waals surface area contributed by atoms with E-state index in [-0.39, 0.29) is 24.4 Å². The van der Waals surface area contributed by atoms with Gasteiger partial charge in [-0.3, -0.25) is 4.79 Å². The summed E-state index contributed by atoms with van der Waals surface area (Å²) in [6.07, 6.45) is 2.34. The number of carbonyl (C=O) groups is 1. The first kappa shape index (κ1) is 19.2. The Labute approximate surface area is 170 Å². The van der Waals surface area contributed by atoms with Gasteiger partial charge in [-0.25, -0.2) is 14.4 Å². The Morgan fingerprint density at radius 2 is 2.07 bits per heavy atom. The number of aromatic amines is 1. The van der Waals surface area contributed by atoms with Crippen LogP contribution in [-0.2, 0) is 0 Å². The van der Waals surface area contributed by atoms with Gasteiger partial charge in [-0.2, -0.15) is 0 Å². The SMILES string of the molecule is CC[C@@H](CO)NC(=O)c1nc(-c2cnc3[nH]c(-c4ccc(F)cc4)cc3c2)cs1. The van der Waals surface area contributed by atoms with Crippen molar-refractivity contribution in [2.75, 3.05) is 6.61 Å². The van der Waals surface area contributed by atoms with Crippen LogP contribution in [0.3, 0.4) is 0 Å². The van der Waals surface area contributed by atoms with Crippen LogP contribution in [0.25, 0.3) is 33.5 Å². The Bertz CT molecular complexity index is 1150. The third kappa shape index (κ3) is 4.03. The van der Waals surface area contributed by atoms with Crippen LogP contribution < -0.4 is 5.32 Å². The summed E-state index contributed by atoms with van der Waals surface area (Å²) in [7, 11) is 0. The second-order valence-electron chi connectivity index (χ2n) is 6.65. The fraction of sp³-hybridized carbons (Fsp3) is 0.190. The molecule has 0 spiro atoms. The molecule has 0 saturated heterocycles. The minimum absolute atomic E-state index is 0.106. The Kier molecular flexibility index (Phi) is 5.37. The molecule has 0 radical (unpaired) electrons. The summed E-state index contributed by atoms with van der Waals surface area (Å²) in [6, 6.07) is 9.88. The number of rotatable bonds is 6. The first-order valence-corrected chi connectivity index (χ1v) is 10.1. The maximum Gasteiger partial charge on any atom is 0.280 e. The lowest BCUT2D eigenvalue weighted by Gasteiger charge is -2.12. The van der Waals surface area contributed by atoms with Gasteiger partial charge < -0.3 is 15.4 Å². The average Bonchev–Trinajstić information content (AvgIpc) is 3.39. The van der Waals surface area contributed by atoms with E-state index < -0.39 is 0 Å². The monoisotopic (exact) mass is 410 g/mol. The first-order valence-electron chi connectivity index (χ1n) is 9.19. The van der Waals surface area contributed by atoms with Gasteiger partial charge in [-0.05, 0) is 48.4 Å². The molecule has 0 bridgehead atoms. The molecule has 1 amide bonds. The Hall–Kier alpha value is -3.10. The fourth-order valence-corrected chi connectivity index (χ4v) is 3.70. The maximum atomic E-state index is 13.1. The normalized spacial score (nSPS) is 12.2. The van der Waals surface area contributed by atoms with Crippen LogP contribution in [0.4, 0.5) is 4.39 Å². The molecule has 3 heterocycles. The topological polar surface area (TPSA) is 90.9 Å². The molecule has 0 saturated carbocycles. The van der Waals surface area contributed by atoms with Gasteiger partial charge in [0.2, 0.25) is 0 Å². The number of hydrogen-bond acceptors (Lipinski definition) is 5. The average molecular weight is 410 g/mol. The second-order valence-corrected chi connectivity index (χ2v) is 7.51. The van der Waals surface area contributed by atoms with E-state index in [1.807, 2.05) is 24.4 Å². The third-order valence-electron chi connectivity index (χ3n) is 4.67. The van der Waals surface area contributed by atoms with E-state index in [1.165, 1.54) is 23.5 Å². The van der Waals surface area contributed by atoms with E-state index in [1.54, 1.807) is 18.3 Å². The van der Waals surface area contributed by atoms with Gasteiger partial charge >= 0.3 is 0 Å². The highest BCUT2D eigenvalue weighted by molar-refractivity contribution is 7.12. The zero-order valence-corrected chi connectivity index (χ0v) is 16.5. The van der Waals surface area contributed by atoms with Crippen molar-refractivity contribution in [3.63, 3.8) is 0 Å². The molecule has 1 aromatic carbocycles. The summed E-state index contributed by atoms with van der Waals surface area (Å²) < 4.78 is 13.1. The number of aromatic nitrogens is 3. The molecule has 1 atom stereocenters. The fourth-order valence-electron chi connectivity index (χ4n) is 2.97. The molecule has 29 heavy (non-hydrogen) atoms. The molecular weight excluding hydrogens is 391 g/mol. The van der Waals surface area contributed by atoms with Crippen molar-refractivity contribution in [2.24, 2.45) is 0 Å². The van der Waals surface area contributed by atoms with E-state index in [0.29, 0.717) is 17.1 Å². The predicted octanol–water partition coefficient (Wildman–Crippen LogP) is 3.99. The molecule has 6 nitrogen and oxygen atoms in total. The number of aliphatic hydroxyl groups excluding tert-OH is 1. The van der Waals surface area contributed by atoms with E-state index >= 15 is 0 Å². The Morgan fingerprint density at radius 1 is 1.28 bits per heavy atom. The summed E-state index contributed by atoms with van der Waals surface area (Å²) in [6.45, 7) is 1.79. The molecule has 148 valence electrons. The molecule has 4 rings (SSSR count). The van der Waals surface area contributed by atoms with Crippen LogP contribution in [-0.4, -0.2) is 38.6 Å². The highest BCUT2D eigenvalue weighted by Crippen LogP contribution is 2.28. The number of aliphatic hydroxyl groups is 1. The van der Waals surface area contributed by atoms with Crippen LogP contribution in [0.1, 0.15) is 23.1 Å². The molecule has 0 aliphatic heterocycles. The van der Waals surface area contributed by atoms with Crippen LogP contribution in [0.2, 0.25) is 0 Å². The summed E-state index contributed by atoms with van der Waals surface area (Å²) >= 11 is 1.25. The zero-order valence-electron chi connectivity index (χ0n) is 15.6. The van der Waals surface area contributed by atoms with E-state index in [9.17, 15) is 14.3 Å². The van der Waals surface area contributed by atoms with Gasteiger partial charge in [0.15, 0.2) is 5.01 Å². The van der Waals surface area contributed by atoms with Gasteiger partial charge in [-0.1, -0.05) is 6.92 Å². The number of thiazole rings is 1. The highest BCUT2D eigenvalue weighted by Gasteiger charge is 2.16. The van der Waals surface area contributed by atoms with E-state index in [4.69, 9.17) is 0 Å². The van der Waals surface area contributed by atoms with Gasteiger partial charge in [0, 0.05) is 28.2 Å². The lowest BCUT2D eigenvalue weighted by Crippen LogP contribution is -2.36. The summed E-state index contributed by atoms with van der Waals surface area (Å²) in [4.78, 5) is 24.4. The summed E-state index contributed by atoms with van der Waals surface area (Å²) in [5, 5.41) is 15.1. The number of nitrogens with one attached hydrogen (secondary N) is 2. The first-order chi connectivity index (χ1) is 14.1. The highest BCUT2D eigenvalue weighted by atomic mass is 32.1. The molecule has 4 aromatic rings. The number of hydrogen-bond donors (Lipinski definition) is 3. The van der Waals surface area contributed by atoms with Gasteiger partial charge in [0.25, 0.3) is 5.91 Å². The molecule has 0 unspecified atom stereocenters. The van der Waals surface area contributed by atoms with Crippen molar-refractivity contribution in [1.82, 2.24) is 20.3 Å². The minimum Gasteiger partial charge on any atom is -0.394 e. The van der Waals surface area contributed by atoms with Crippen molar-refractivity contribution in [1.29, 1.82) is 0 Å².